The molecule has 140 valence electrons. The van der Waals surface area contributed by atoms with Gasteiger partial charge in [-0.25, -0.2) is 9.40 Å². The van der Waals surface area contributed by atoms with Gasteiger partial charge in [0.15, 0.2) is 0 Å². The molecule has 4 nitrogen and oxygen atoms in total. The van der Waals surface area contributed by atoms with Gasteiger partial charge in [0, 0.05) is 12.0 Å². The van der Waals surface area contributed by atoms with E-state index in [-0.39, 0.29) is 11.9 Å². The Balaban J connectivity index is 1.61. The lowest BCUT2D eigenvalue weighted by Gasteiger charge is -2.38. The molecule has 0 radical (unpaired) electrons. The van der Waals surface area contributed by atoms with Crippen LogP contribution >= 0.6 is 0 Å². The van der Waals surface area contributed by atoms with Crippen LogP contribution in [0.25, 0.3) is 0 Å². The maximum absolute atomic E-state index is 13.3. The summed E-state index contributed by atoms with van der Waals surface area (Å²) >= 11 is 0. The molecule has 0 aliphatic carbocycles. The molecule has 0 unspecified atom stereocenters. The van der Waals surface area contributed by atoms with Crippen molar-refractivity contribution in [1.29, 1.82) is 0 Å². The molecule has 2 aliphatic rings. The minimum atomic E-state index is -0.394. The highest BCUT2D eigenvalue weighted by Crippen LogP contribution is 2.48. The molecule has 0 N–H and O–H groups in total. The molecule has 28 heavy (non-hydrogen) atoms. The third kappa shape index (κ3) is 2.71. The lowest BCUT2D eigenvalue weighted by atomic mass is 9.96. The third-order valence-corrected chi connectivity index (χ3v) is 5.28. The Morgan fingerprint density at radius 2 is 1.68 bits per heavy atom. The first-order valence-corrected chi connectivity index (χ1v) is 9.25. The predicted octanol–water partition coefficient (Wildman–Crippen LogP) is 5.08. The van der Waals surface area contributed by atoms with Crippen LogP contribution in [0.4, 0.5) is 4.39 Å². The number of para-hydroxylation sites is 2. The zero-order chi connectivity index (χ0) is 19.1. The van der Waals surface area contributed by atoms with E-state index in [9.17, 15) is 4.39 Å². The van der Waals surface area contributed by atoms with Gasteiger partial charge in [-0.2, -0.15) is 5.10 Å². The number of fused-ring (bicyclic) bond motifs is 3. The molecule has 5 heteroatoms. The minimum Gasteiger partial charge on any atom is -0.496 e. The van der Waals surface area contributed by atoms with Gasteiger partial charge in [-0.1, -0.05) is 42.5 Å². The molecule has 3 aromatic carbocycles. The Hall–Kier alpha value is -3.34. The topological polar surface area (TPSA) is 34.1 Å². The summed E-state index contributed by atoms with van der Waals surface area (Å²) in [5.41, 5.74) is 3.88. The Kier molecular flexibility index (Phi) is 4.01. The van der Waals surface area contributed by atoms with E-state index in [1.54, 1.807) is 19.2 Å². The number of methoxy groups -OCH3 is 1. The first kappa shape index (κ1) is 16.8. The summed E-state index contributed by atoms with van der Waals surface area (Å²) in [5, 5.41) is 6.89. The van der Waals surface area contributed by atoms with Crippen LogP contribution in [0.5, 0.6) is 11.5 Å². The molecule has 5 rings (SSSR count). The number of ether oxygens (including phenoxy) is 2. The minimum absolute atomic E-state index is 0.0555. The largest absolute Gasteiger partial charge is 0.496 e. The number of nitrogens with zero attached hydrogens (tertiary/aromatic N) is 2. The quantitative estimate of drug-likeness (QED) is 0.641. The van der Waals surface area contributed by atoms with Gasteiger partial charge >= 0.3 is 0 Å². The second kappa shape index (κ2) is 6.68. The Bertz CT molecular complexity index is 1050. The fraction of sp³-hybridized carbons (Fsp3) is 0.174. The van der Waals surface area contributed by atoms with Crippen LogP contribution in [0.15, 0.2) is 77.9 Å². The van der Waals surface area contributed by atoms with E-state index in [0.29, 0.717) is 0 Å². The monoisotopic (exact) mass is 374 g/mol. The fourth-order valence-electron chi connectivity index (χ4n) is 3.93. The lowest BCUT2D eigenvalue weighted by Crippen LogP contribution is -2.33. The maximum atomic E-state index is 13.3. The van der Waals surface area contributed by atoms with Crippen LogP contribution in [-0.2, 0) is 0 Å². The first-order chi connectivity index (χ1) is 13.7. The van der Waals surface area contributed by atoms with Crippen molar-refractivity contribution >= 4 is 5.71 Å². The van der Waals surface area contributed by atoms with Gasteiger partial charge in [0.25, 0.3) is 0 Å². The normalized spacial score (nSPS) is 20.1. The Morgan fingerprint density at radius 1 is 0.964 bits per heavy atom. The third-order valence-electron chi connectivity index (χ3n) is 5.28. The van der Waals surface area contributed by atoms with Gasteiger partial charge in [-0.3, -0.25) is 0 Å². The molecule has 2 atom stereocenters. The summed E-state index contributed by atoms with van der Waals surface area (Å²) < 4.78 is 25.3. The van der Waals surface area contributed by atoms with Crippen LogP contribution in [0.3, 0.4) is 0 Å². The van der Waals surface area contributed by atoms with E-state index in [1.807, 2.05) is 47.5 Å². The van der Waals surface area contributed by atoms with Crippen molar-refractivity contribution in [2.45, 2.75) is 18.7 Å². The molecule has 0 amide bonds. The maximum Gasteiger partial charge on any atom is 0.217 e. The molecule has 2 heterocycles. The number of benzene rings is 3. The molecular weight excluding hydrogens is 355 g/mol. The summed E-state index contributed by atoms with van der Waals surface area (Å²) in [6.45, 7) is 0. The van der Waals surface area contributed by atoms with Crippen LogP contribution in [0, 0.1) is 5.82 Å². The van der Waals surface area contributed by atoms with Crippen molar-refractivity contribution in [3.8, 4) is 11.5 Å². The van der Waals surface area contributed by atoms with Gasteiger partial charge in [-0.05, 0) is 35.9 Å². The summed E-state index contributed by atoms with van der Waals surface area (Å²) in [6.07, 6.45) is 0.339. The van der Waals surface area contributed by atoms with E-state index < -0.39 is 6.23 Å². The zero-order valence-electron chi connectivity index (χ0n) is 15.4. The molecule has 0 aromatic heterocycles. The second-order valence-corrected chi connectivity index (χ2v) is 6.90. The first-order valence-electron chi connectivity index (χ1n) is 9.25. The molecule has 0 fully saturated rings. The number of hydrogen-bond donors (Lipinski definition) is 0. The van der Waals surface area contributed by atoms with Crippen LogP contribution in [-0.4, -0.2) is 17.8 Å². The molecule has 2 aliphatic heterocycles. The smallest absolute Gasteiger partial charge is 0.217 e. The van der Waals surface area contributed by atoms with Crippen molar-refractivity contribution in [3.63, 3.8) is 0 Å². The fourth-order valence-corrected chi connectivity index (χ4v) is 3.93. The molecule has 3 aromatic rings. The van der Waals surface area contributed by atoms with Gasteiger partial charge in [0.1, 0.15) is 17.3 Å². The van der Waals surface area contributed by atoms with E-state index in [0.717, 1.165) is 40.3 Å². The predicted molar refractivity (Wildman–Crippen MR) is 105 cm³/mol. The molecule has 0 saturated heterocycles. The van der Waals surface area contributed by atoms with Gasteiger partial charge < -0.3 is 9.47 Å². The SMILES string of the molecule is COc1ccccc1[C@H]1Oc2ccccc2[C@H]2CC(c3ccc(F)cc3)=NN21. The van der Waals surface area contributed by atoms with E-state index in [1.165, 1.54) is 12.1 Å². The number of rotatable bonds is 3. The van der Waals surface area contributed by atoms with Gasteiger partial charge in [0.05, 0.1) is 24.4 Å². The van der Waals surface area contributed by atoms with Crippen LogP contribution in [0.1, 0.15) is 35.4 Å². The van der Waals surface area contributed by atoms with E-state index in [4.69, 9.17) is 14.6 Å². The molecule has 0 spiro atoms. The highest BCUT2D eigenvalue weighted by Gasteiger charge is 2.41. The molecule has 0 saturated carbocycles. The summed E-state index contributed by atoms with van der Waals surface area (Å²) in [4.78, 5) is 0. The summed E-state index contributed by atoms with van der Waals surface area (Å²) in [6, 6.07) is 22.4. The second-order valence-electron chi connectivity index (χ2n) is 6.90. The van der Waals surface area contributed by atoms with E-state index >= 15 is 0 Å². The van der Waals surface area contributed by atoms with Crippen molar-refractivity contribution < 1.29 is 13.9 Å². The summed E-state index contributed by atoms with van der Waals surface area (Å²) in [5.74, 6) is 1.37. The van der Waals surface area contributed by atoms with Crippen molar-refractivity contribution in [2.24, 2.45) is 5.10 Å². The van der Waals surface area contributed by atoms with Gasteiger partial charge in [-0.15, -0.1) is 0 Å². The van der Waals surface area contributed by atoms with Crippen molar-refractivity contribution in [2.75, 3.05) is 7.11 Å². The average molecular weight is 374 g/mol. The van der Waals surface area contributed by atoms with Crippen LogP contribution in [0.2, 0.25) is 0 Å². The van der Waals surface area contributed by atoms with Crippen molar-refractivity contribution in [1.82, 2.24) is 5.01 Å². The number of halogens is 1. The zero-order valence-corrected chi connectivity index (χ0v) is 15.4. The van der Waals surface area contributed by atoms with E-state index in [2.05, 4.69) is 6.07 Å². The number of hydrogen-bond acceptors (Lipinski definition) is 4. The standard InChI is InChI=1S/C23H19FN2O2/c1-27-21-8-4-3-7-18(21)23-26-20(17-6-2-5-9-22(17)28-23)14-19(25-26)15-10-12-16(24)13-11-15/h2-13,20,23H,14H2,1H3/t20-,23-/m1/s1. The highest BCUT2D eigenvalue weighted by atomic mass is 19.1. The summed E-state index contributed by atoms with van der Waals surface area (Å²) in [7, 11) is 1.66. The average Bonchev–Trinajstić information content (AvgIpc) is 3.19. The Labute approximate surface area is 162 Å². The number of hydrazone groups is 1. The molecular formula is C23H19FN2O2. The van der Waals surface area contributed by atoms with Gasteiger partial charge in [0.2, 0.25) is 6.23 Å². The lowest BCUT2D eigenvalue weighted by molar-refractivity contribution is -0.0203. The Morgan fingerprint density at radius 3 is 2.46 bits per heavy atom. The molecule has 0 bridgehead atoms. The van der Waals surface area contributed by atoms with Crippen molar-refractivity contribution in [3.05, 3.63) is 95.3 Å². The highest BCUT2D eigenvalue weighted by molar-refractivity contribution is 6.01. The van der Waals surface area contributed by atoms with Crippen LogP contribution < -0.4 is 9.47 Å².